The predicted octanol–water partition coefficient (Wildman–Crippen LogP) is 2.37. The summed E-state index contributed by atoms with van der Waals surface area (Å²) in [7, 11) is 0. The van der Waals surface area contributed by atoms with Crippen molar-refractivity contribution < 1.29 is 9.90 Å². The van der Waals surface area contributed by atoms with Crippen molar-refractivity contribution >= 4 is 23.2 Å². The molecule has 1 aromatic rings. The van der Waals surface area contributed by atoms with Crippen LogP contribution in [0.25, 0.3) is 0 Å². The largest absolute Gasteiger partial charge is 0.508 e. The fourth-order valence-electron chi connectivity index (χ4n) is 1.33. The maximum absolute atomic E-state index is 11.5. The molecular weight excluding hydrogens is 214 g/mol. The lowest BCUT2D eigenvalue weighted by Crippen LogP contribution is -2.32. The number of amides is 1. The van der Waals surface area contributed by atoms with Gasteiger partial charge in [0.2, 0.25) is 5.91 Å². The van der Waals surface area contributed by atoms with E-state index in [2.05, 4.69) is 0 Å². The lowest BCUT2D eigenvalue weighted by Gasteiger charge is -2.21. The van der Waals surface area contributed by atoms with Gasteiger partial charge < -0.3 is 10.0 Å². The molecule has 0 aliphatic rings. The molecule has 1 amide bonds. The van der Waals surface area contributed by atoms with E-state index in [0.717, 1.165) is 12.1 Å². The number of phenolic OH excluding ortho intramolecular Hbond substituents is 1. The molecule has 3 nitrogen and oxygen atoms in total. The van der Waals surface area contributed by atoms with Crippen molar-refractivity contribution in [3.8, 4) is 5.75 Å². The van der Waals surface area contributed by atoms with E-state index in [9.17, 15) is 4.79 Å². The van der Waals surface area contributed by atoms with Crippen LogP contribution in [0, 0.1) is 0 Å². The Morgan fingerprint density at radius 1 is 1.40 bits per heavy atom. The standard InChI is InChI=1S/C11H14ClNO2/c1-2-7-13(11(15)8-12)9-3-5-10(14)6-4-9/h3-6,14H,2,7-8H2,1H3. The number of halogens is 1. The van der Waals surface area contributed by atoms with Crippen LogP contribution in [-0.4, -0.2) is 23.4 Å². The van der Waals surface area contributed by atoms with E-state index < -0.39 is 0 Å². The van der Waals surface area contributed by atoms with Gasteiger partial charge in [-0.15, -0.1) is 11.6 Å². The van der Waals surface area contributed by atoms with Crippen LogP contribution in [0.5, 0.6) is 5.75 Å². The van der Waals surface area contributed by atoms with Crippen molar-refractivity contribution in [3.05, 3.63) is 24.3 Å². The molecule has 0 spiro atoms. The summed E-state index contributed by atoms with van der Waals surface area (Å²) in [5, 5.41) is 9.13. The Balaban J connectivity index is 2.88. The number of benzene rings is 1. The third-order valence-corrected chi connectivity index (χ3v) is 2.25. The molecule has 0 aromatic heterocycles. The first-order valence-electron chi connectivity index (χ1n) is 4.84. The van der Waals surface area contributed by atoms with Gasteiger partial charge in [-0.2, -0.15) is 0 Å². The van der Waals surface area contributed by atoms with Crippen molar-refractivity contribution in [3.63, 3.8) is 0 Å². The fraction of sp³-hybridized carbons (Fsp3) is 0.364. The van der Waals surface area contributed by atoms with Crippen LogP contribution >= 0.6 is 11.6 Å². The monoisotopic (exact) mass is 227 g/mol. The van der Waals surface area contributed by atoms with E-state index >= 15 is 0 Å². The maximum Gasteiger partial charge on any atom is 0.241 e. The van der Waals surface area contributed by atoms with E-state index in [1.54, 1.807) is 29.2 Å². The number of aromatic hydroxyl groups is 1. The number of anilines is 1. The molecule has 0 saturated heterocycles. The van der Waals surface area contributed by atoms with Gasteiger partial charge in [-0.3, -0.25) is 4.79 Å². The number of carbonyl (C=O) groups is 1. The first-order chi connectivity index (χ1) is 7.19. The second kappa shape index (κ2) is 5.61. The van der Waals surface area contributed by atoms with E-state index in [1.165, 1.54) is 0 Å². The fourth-order valence-corrected chi connectivity index (χ4v) is 1.47. The average molecular weight is 228 g/mol. The van der Waals surface area contributed by atoms with Gasteiger partial charge in [0.05, 0.1) is 0 Å². The average Bonchev–Trinajstić information content (AvgIpc) is 2.26. The molecule has 1 N–H and O–H groups in total. The van der Waals surface area contributed by atoms with Crippen molar-refractivity contribution in [1.29, 1.82) is 0 Å². The molecule has 4 heteroatoms. The predicted molar refractivity (Wildman–Crippen MR) is 61.5 cm³/mol. The topological polar surface area (TPSA) is 40.5 Å². The summed E-state index contributed by atoms with van der Waals surface area (Å²) in [5.74, 6) is 0.0404. The summed E-state index contributed by atoms with van der Waals surface area (Å²) in [6.07, 6.45) is 0.865. The molecule has 82 valence electrons. The third-order valence-electron chi connectivity index (χ3n) is 2.02. The molecule has 0 atom stereocenters. The molecule has 15 heavy (non-hydrogen) atoms. The lowest BCUT2D eigenvalue weighted by molar-refractivity contribution is -0.116. The SMILES string of the molecule is CCCN(C(=O)CCl)c1ccc(O)cc1. The van der Waals surface area contributed by atoms with Gasteiger partial charge in [-0.1, -0.05) is 6.92 Å². The second-order valence-corrected chi connectivity index (χ2v) is 3.46. The molecular formula is C11H14ClNO2. The zero-order valence-electron chi connectivity index (χ0n) is 8.61. The minimum Gasteiger partial charge on any atom is -0.508 e. The van der Waals surface area contributed by atoms with Crippen LogP contribution in [0.3, 0.4) is 0 Å². The molecule has 0 aliphatic carbocycles. The number of nitrogens with zero attached hydrogens (tertiary/aromatic N) is 1. The Kier molecular flexibility index (Phi) is 4.43. The Morgan fingerprint density at radius 2 is 2.00 bits per heavy atom. The Hall–Kier alpha value is -1.22. The molecule has 0 heterocycles. The van der Waals surface area contributed by atoms with E-state index in [1.807, 2.05) is 6.92 Å². The summed E-state index contributed by atoms with van der Waals surface area (Å²) >= 11 is 5.52. The Bertz CT molecular complexity index is 324. The van der Waals surface area contributed by atoms with E-state index in [0.29, 0.717) is 6.54 Å². The summed E-state index contributed by atoms with van der Waals surface area (Å²) in [6.45, 7) is 2.63. The van der Waals surface area contributed by atoms with Crippen molar-refractivity contribution in [2.45, 2.75) is 13.3 Å². The molecule has 0 saturated carbocycles. The van der Waals surface area contributed by atoms with Gasteiger partial charge >= 0.3 is 0 Å². The smallest absolute Gasteiger partial charge is 0.241 e. The Morgan fingerprint density at radius 3 is 2.47 bits per heavy atom. The summed E-state index contributed by atoms with van der Waals surface area (Å²) in [4.78, 5) is 13.1. The van der Waals surface area contributed by atoms with Crippen LogP contribution in [0.1, 0.15) is 13.3 Å². The molecule has 0 fully saturated rings. The minimum atomic E-state index is -0.121. The van der Waals surface area contributed by atoms with Crippen molar-refractivity contribution in [1.82, 2.24) is 0 Å². The number of phenols is 1. The Labute approximate surface area is 94.3 Å². The van der Waals surface area contributed by atoms with Crippen LogP contribution in [0.4, 0.5) is 5.69 Å². The van der Waals surface area contributed by atoms with Gasteiger partial charge in [0.1, 0.15) is 11.6 Å². The van der Waals surface area contributed by atoms with Gasteiger partial charge in [-0.05, 0) is 30.7 Å². The quantitative estimate of drug-likeness (QED) is 0.803. The number of carbonyl (C=O) groups excluding carboxylic acids is 1. The number of rotatable bonds is 4. The number of alkyl halides is 1. The zero-order chi connectivity index (χ0) is 11.3. The number of hydrogen-bond donors (Lipinski definition) is 1. The minimum absolute atomic E-state index is 0.0269. The second-order valence-electron chi connectivity index (χ2n) is 3.20. The molecule has 0 aliphatic heterocycles. The van der Waals surface area contributed by atoms with Gasteiger partial charge in [0.25, 0.3) is 0 Å². The maximum atomic E-state index is 11.5. The summed E-state index contributed by atoms with van der Waals surface area (Å²) < 4.78 is 0. The van der Waals surface area contributed by atoms with Gasteiger partial charge in [0.15, 0.2) is 0 Å². The van der Waals surface area contributed by atoms with E-state index in [4.69, 9.17) is 16.7 Å². The highest BCUT2D eigenvalue weighted by Gasteiger charge is 2.13. The van der Waals surface area contributed by atoms with Crippen molar-refractivity contribution in [2.75, 3.05) is 17.3 Å². The molecule has 0 bridgehead atoms. The highest BCUT2D eigenvalue weighted by Crippen LogP contribution is 2.19. The zero-order valence-corrected chi connectivity index (χ0v) is 9.37. The first kappa shape index (κ1) is 11.9. The highest BCUT2D eigenvalue weighted by atomic mass is 35.5. The molecule has 0 unspecified atom stereocenters. The van der Waals surface area contributed by atoms with Crippen LogP contribution in [0.2, 0.25) is 0 Å². The number of hydrogen-bond acceptors (Lipinski definition) is 2. The van der Waals surface area contributed by atoms with Gasteiger partial charge in [0, 0.05) is 12.2 Å². The third kappa shape index (κ3) is 3.13. The highest BCUT2D eigenvalue weighted by molar-refractivity contribution is 6.29. The lowest BCUT2D eigenvalue weighted by atomic mass is 10.2. The van der Waals surface area contributed by atoms with Crippen molar-refractivity contribution in [2.24, 2.45) is 0 Å². The van der Waals surface area contributed by atoms with Crippen LogP contribution in [0.15, 0.2) is 24.3 Å². The van der Waals surface area contributed by atoms with Crippen LogP contribution < -0.4 is 4.90 Å². The molecule has 0 radical (unpaired) electrons. The summed E-state index contributed by atoms with van der Waals surface area (Å²) in [5.41, 5.74) is 0.764. The normalized spacial score (nSPS) is 10.0. The summed E-state index contributed by atoms with van der Waals surface area (Å²) in [6, 6.07) is 6.52. The van der Waals surface area contributed by atoms with E-state index in [-0.39, 0.29) is 17.5 Å². The first-order valence-corrected chi connectivity index (χ1v) is 5.37. The van der Waals surface area contributed by atoms with Crippen LogP contribution in [-0.2, 0) is 4.79 Å². The van der Waals surface area contributed by atoms with Gasteiger partial charge in [-0.25, -0.2) is 0 Å². The molecule has 1 aromatic carbocycles. The molecule has 1 rings (SSSR count).